The zero-order chi connectivity index (χ0) is 14.9. The van der Waals surface area contributed by atoms with E-state index in [1.165, 1.54) is 0 Å². The van der Waals surface area contributed by atoms with Gasteiger partial charge in [0.1, 0.15) is 18.0 Å². The Hall–Kier alpha value is -1.91. The lowest BCUT2D eigenvalue weighted by Gasteiger charge is -2.30. The molecule has 0 fully saturated rings. The average molecular weight is 302 g/mol. The molecule has 1 aliphatic heterocycles. The van der Waals surface area contributed by atoms with Crippen LogP contribution in [0, 0.1) is 0 Å². The third-order valence-corrected chi connectivity index (χ3v) is 3.75. The van der Waals surface area contributed by atoms with Gasteiger partial charge in [-0.05, 0) is 30.7 Å². The smallest absolute Gasteiger partial charge is 0.121 e. The van der Waals surface area contributed by atoms with Gasteiger partial charge in [-0.1, -0.05) is 29.8 Å². The molecular formula is C16H16ClN3O. The molecule has 1 aromatic carbocycles. The van der Waals surface area contributed by atoms with Crippen LogP contribution in [0.1, 0.15) is 12.5 Å². The Bertz CT molecular complexity index is 684. The number of halogens is 1. The maximum absolute atomic E-state index is 5.88. The molecule has 1 aromatic heterocycles. The molecule has 108 valence electrons. The second kappa shape index (κ2) is 5.47. The molecule has 2 aromatic rings. The predicted octanol–water partition coefficient (Wildman–Crippen LogP) is 3.00. The lowest BCUT2D eigenvalue weighted by Crippen LogP contribution is -2.37. The summed E-state index contributed by atoms with van der Waals surface area (Å²) in [4.78, 5) is 8.91. The fourth-order valence-electron chi connectivity index (χ4n) is 2.44. The van der Waals surface area contributed by atoms with Crippen LogP contribution in [0.5, 0.6) is 0 Å². The third-order valence-electron chi connectivity index (χ3n) is 3.53. The van der Waals surface area contributed by atoms with Crippen molar-refractivity contribution in [1.29, 1.82) is 0 Å². The summed E-state index contributed by atoms with van der Waals surface area (Å²) < 4.78 is 5.52. The van der Waals surface area contributed by atoms with Gasteiger partial charge in [0.2, 0.25) is 0 Å². The number of aromatic nitrogens is 1. The largest absolute Gasteiger partial charge is 0.386 e. The van der Waals surface area contributed by atoms with Gasteiger partial charge in [0, 0.05) is 11.8 Å². The van der Waals surface area contributed by atoms with Crippen molar-refractivity contribution in [3.8, 4) is 11.3 Å². The van der Waals surface area contributed by atoms with Crippen molar-refractivity contribution in [2.75, 3.05) is 13.2 Å². The molecule has 1 atom stereocenters. The van der Waals surface area contributed by atoms with E-state index in [2.05, 4.69) is 16.0 Å². The number of hydrogen-bond acceptors (Lipinski definition) is 4. The van der Waals surface area contributed by atoms with Crippen LogP contribution in [0.15, 0.2) is 47.6 Å². The Kier molecular flexibility index (Phi) is 3.66. The van der Waals surface area contributed by atoms with Gasteiger partial charge in [0.05, 0.1) is 17.3 Å². The molecule has 2 N–H and O–H groups in total. The zero-order valence-corrected chi connectivity index (χ0v) is 12.5. The summed E-state index contributed by atoms with van der Waals surface area (Å²) in [6.45, 7) is 2.94. The fraction of sp³-hybridized carbons (Fsp3) is 0.250. The van der Waals surface area contributed by atoms with Crippen LogP contribution in [0.2, 0.25) is 5.02 Å². The van der Waals surface area contributed by atoms with E-state index in [0.717, 1.165) is 16.8 Å². The molecule has 1 unspecified atom stereocenters. The number of amidine groups is 1. The highest BCUT2D eigenvalue weighted by molar-refractivity contribution is 6.30. The van der Waals surface area contributed by atoms with E-state index in [-0.39, 0.29) is 0 Å². The molecule has 0 spiro atoms. The minimum atomic E-state index is -0.454. The quantitative estimate of drug-likeness (QED) is 0.927. The molecule has 0 amide bonds. The van der Waals surface area contributed by atoms with Crippen LogP contribution in [-0.2, 0) is 10.3 Å². The van der Waals surface area contributed by atoms with Crippen LogP contribution in [0.25, 0.3) is 11.3 Å². The van der Waals surface area contributed by atoms with Crippen molar-refractivity contribution in [2.45, 2.75) is 12.5 Å². The number of nitrogens with zero attached hydrogens (tertiary/aromatic N) is 2. The van der Waals surface area contributed by atoms with Gasteiger partial charge in [-0.25, -0.2) is 0 Å². The molecule has 21 heavy (non-hydrogen) atoms. The Morgan fingerprint density at radius 2 is 2.14 bits per heavy atom. The summed E-state index contributed by atoms with van der Waals surface area (Å²) in [6, 6.07) is 11.8. The number of ether oxygens (including phenoxy) is 1. The lowest BCUT2D eigenvalue weighted by molar-refractivity contribution is 0.106. The van der Waals surface area contributed by atoms with Crippen molar-refractivity contribution in [1.82, 2.24) is 4.98 Å². The van der Waals surface area contributed by atoms with Gasteiger partial charge >= 0.3 is 0 Å². The van der Waals surface area contributed by atoms with Gasteiger partial charge < -0.3 is 10.5 Å². The Labute approximate surface area is 128 Å². The van der Waals surface area contributed by atoms with Crippen molar-refractivity contribution in [2.24, 2.45) is 10.7 Å². The summed E-state index contributed by atoms with van der Waals surface area (Å²) in [5.74, 6) is 0.527. The molecule has 4 nitrogen and oxygen atoms in total. The fourth-order valence-corrected chi connectivity index (χ4v) is 2.56. The van der Waals surface area contributed by atoms with Gasteiger partial charge in [0.15, 0.2) is 0 Å². The molecule has 5 heteroatoms. The summed E-state index contributed by atoms with van der Waals surface area (Å²) in [7, 11) is 0. The highest BCUT2D eigenvalue weighted by Crippen LogP contribution is 2.31. The topological polar surface area (TPSA) is 60.5 Å². The van der Waals surface area contributed by atoms with E-state index >= 15 is 0 Å². The van der Waals surface area contributed by atoms with Gasteiger partial charge in [-0.3, -0.25) is 9.98 Å². The number of hydrogen-bond donors (Lipinski definition) is 1. The maximum Gasteiger partial charge on any atom is 0.121 e. The van der Waals surface area contributed by atoms with Gasteiger partial charge in [-0.2, -0.15) is 0 Å². The number of pyridine rings is 1. The van der Waals surface area contributed by atoms with Gasteiger partial charge in [0.25, 0.3) is 0 Å². The number of rotatable bonds is 2. The highest BCUT2D eigenvalue weighted by atomic mass is 35.5. The van der Waals surface area contributed by atoms with Crippen molar-refractivity contribution in [3.63, 3.8) is 0 Å². The maximum atomic E-state index is 5.88. The number of nitrogens with two attached hydrogens (primary N) is 1. The third kappa shape index (κ3) is 2.91. The minimum Gasteiger partial charge on any atom is -0.386 e. The minimum absolute atomic E-state index is 0.397. The Morgan fingerprint density at radius 3 is 2.86 bits per heavy atom. The summed E-state index contributed by atoms with van der Waals surface area (Å²) in [5, 5.41) is 0.625. The van der Waals surface area contributed by atoms with Crippen LogP contribution in [-0.4, -0.2) is 24.0 Å². The van der Waals surface area contributed by atoms with E-state index in [0.29, 0.717) is 24.1 Å². The first-order chi connectivity index (χ1) is 10.1. The molecule has 0 bridgehead atoms. The van der Waals surface area contributed by atoms with Crippen molar-refractivity contribution >= 4 is 17.4 Å². The van der Waals surface area contributed by atoms with E-state index < -0.39 is 5.54 Å². The standard InChI is InChI=1S/C16H16ClN3O/c1-16(10-21-9-15(18)20-16)12-4-2-3-11(7-12)14-6-5-13(17)8-19-14/h2-8H,9-10H2,1H3,(H2,18,20). The average Bonchev–Trinajstić information content (AvgIpc) is 2.48. The zero-order valence-electron chi connectivity index (χ0n) is 11.7. The number of benzene rings is 1. The van der Waals surface area contributed by atoms with Crippen LogP contribution >= 0.6 is 11.6 Å². The molecule has 0 saturated carbocycles. The van der Waals surface area contributed by atoms with Gasteiger partial charge in [-0.15, -0.1) is 0 Å². The predicted molar refractivity (Wildman–Crippen MR) is 84.5 cm³/mol. The number of aliphatic imine (C=N–C) groups is 1. The molecule has 3 rings (SSSR count). The van der Waals surface area contributed by atoms with E-state index in [9.17, 15) is 0 Å². The summed E-state index contributed by atoms with van der Waals surface area (Å²) in [6.07, 6.45) is 1.64. The van der Waals surface area contributed by atoms with E-state index in [1.54, 1.807) is 6.20 Å². The van der Waals surface area contributed by atoms with Crippen LogP contribution in [0.3, 0.4) is 0 Å². The molecule has 0 saturated heterocycles. The lowest BCUT2D eigenvalue weighted by atomic mass is 9.91. The monoisotopic (exact) mass is 301 g/mol. The first kappa shape index (κ1) is 14.0. The second-order valence-corrected chi connectivity index (χ2v) is 5.75. The highest BCUT2D eigenvalue weighted by Gasteiger charge is 2.30. The van der Waals surface area contributed by atoms with Crippen molar-refractivity contribution in [3.05, 3.63) is 53.2 Å². The van der Waals surface area contributed by atoms with Crippen molar-refractivity contribution < 1.29 is 4.74 Å². The molecule has 0 aliphatic carbocycles. The Morgan fingerprint density at radius 1 is 1.29 bits per heavy atom. The summed E-state index contributed by atoms with van der Waals surface area (Å²) >= 11 is 5.88. The molecule has 0 radical (unpaired) electrons. The van der Waals surface area contributed by atoms with Crippen LogP contribution < -0.4 is 5.73 Å². The molecule has 2 heterocycles. The first-order valence-electron chi connectivity index (χ1n) is 6.71. The SMILES string of the molecule is CC1(c2cccc(-c3ccc(Cl)cn3)c2)COCC(N)=N1. The second-order valence-electron chi connectivity index (χ2n) is 5.31. The summed E-state index contributed by atoms with van der Waals surface area (Å²) in [5.41, 5.74) is 8.30. The van der Waals surface area contributed by atoms with E-state index in [1.807, 2.05) is 37.3 Å². The van der Waals surface area contributed by atoms with E-state index in [4.69, 9.17) is 22.1 Å². The molecule has 1 aliphatic rings. The normalized spacial score (nSPS) is 21.9. The molecular weight excluding hydrogens is 286 g/mol. The van der Waals surface area contributed by atoms with Crippen LogP contribution in [0.4, 0.5) is 0 Å². The Balaban J connectivity index is 2.00. The first-order valence-corrected chi connectivity index (χ1v) is 7.09.